The van der Waals surface area contributed by atoms with Gasteiger partial charge in [-0.3, -0.25) is 4.79 Å². The summed E-state index contributed by atoms with van der Waals surface area (Å²) in [5, 5.41) is 8.97. The van der Waals surface area contributed by atoms with E-state index in [2.05, 4.69) is 4.98 Å². The average molecular weight is 223 g/mol. The zero-order chi connectivity index (χ0) is 12.0. The first kappa shape index (κ1) is 12.4. The lowest BCUT2D eigenvalue weighted by Gasteiger charge is -2.23. The average Bonchev–Trinajstić information content (AvgIpc) is 2.29. The number of aliphatic hydroxyl groups is 1. The number of anilines is 1. The second-order valence-electron chi connectivity index (χ2n) is 3.45. The summed E-state index contributed by atoms with van der Waals surface area (Å²) in [5.41, 5.74) is 5.67. The van der Waals surface area contributed by atoms with E-state index < -0.39 is 5.91 Å². The maximum absolute atomic E-state index is 11.2. The topological polar surface area (TPSA) is 79.4 Å². The molecule has 0 aliphatic heterocycles. The number of rotatable bonds is 6. The van der Waals surface area contributed by atoms with E-state index in [4.69, 9.17) is 10.8 Å². The van der Waals surface area contributed by atoms with Gasteiger partial charge < -0.3 is 15.7 Å². The van der Waals surface area contributed by atoms with Gasteiger partial charge >= 0.3 is 0 Å². The fraction of sp³-hybridized carbons (Fsp3) is 0.455. The molecule has 0 fully saturated rings. The van der Waals surface area contributed by atoms with Crippen molar-refractivity contribution in [3.05, 3.63) is 23.9 Å². The molecule has 0 aliphatic rings. The summed E-state index contributed by atoms with van der Waals surface area (Å²) < 4.78 is 0. The first-order chi connectivity index (χ1) is 7.70. The summed E-state index contributed by atoms with van der Waals surface area (Å²) in [6.07, 6.45) is 2.52. The summed E-state index contributed by atoms with van der Waals surface area (Å²) in [5.74, 6) is 0.0491. The SMILES string of the molecule is CCCN(CCO)c1ncccc1C(N)=O. The van der Waals surface area contributed by atoms with Crippen LogP contribution in [-0.4, -0.2) is 35.7 Å². The van der Waals surface area contributed by atoms with Crippen molar-refractivity contribution in [3.8, 4) is 0 Å². The van der Waals surface area contributed by atoms with Crippen molar-refractivity contribution in [1.29, 1.82) is 0 Å². The van der Waals surface area contributed by atoms with E-state index >= 15 is 0 Å². The first-order valence-electron chi connectivity index (χ1n) is 5.31. The summed E-state index contributed by atoms with van der Waals surface area (Å²) in [7, 11) is 0. The summed E-state index contributed by atoms with van der Waals surface area (Å²) >= 11 is 0. The molecule has 1 rings (SSSR count). The molecule has 0 atom stereocenters. The number of carbonyl (C=O) groups is 1. The Morgan fingerprint density at radius 3 is 2.88 bits per heavy atom. The van der Waals surface area contributed by atoms with Crippen molar-refractivity contribution in [2.45, 2.75) is 13.3 Å². The van der Waals surface area contributed by atoms with Crippen molar-refractivity contribution < 1.29 is 9.90 Å². The predicted octanol–water partition coefficient (Wildman–Crippen LogP) is 0.389. The Morgan fingerprint density at radius 2 is 2.31 bits per heavy atom. The van der Waals surface area contributed by atoms with Gasteiger partial charge in [-0.1, -0.05) is 6.92 Å². The second-order valence-corrected chi connectivity index (χ2v) is 3.45. The number of amides is 1. The minimum atomic E-state index is -0.498. The van der Waals surface area contributed by atoms with Crippen LogP contribution in [0.25, 0.3) is 0 Å². The third-order valence-corrected chi connectivity index (χ3v) is 2.22. The molecule has 0 aromatic carbocycles. The van der Waals surface area contributed by atoms with Crippen molar-refractivity contribution in [2.24, 2.45) is 5.73 Å². The molecule has 0 unspecified atom stereocenters. The van der Waals surface area contributed by atoms with E-state index in [-0.39, 0.29) is 6.61 Å². The van der Waals surface area contributed by atoms with Gasteiger partial charge in [0.1, 0.15) is 5.82 Å². The van der Waals surface area contributed by atoms with Gasteiger partial charge in [-0.25, -0.2) is 4.98 Å². The predicted molar refractivity (Wildman–Crippen MR) is 62.3 cm³/mol. The standard InChI is InChI=1S/C11H17N3O2/c1-2-6-14(7-8-15)11-9(10(12)16)4-3-5-13-11/h3-5,15H,2,6-8H2,1H3,(H2,12,16). The van der Waals surface area contributed by atoms with Crippen LogP contribution >= 0.6 is 0 Å². The molecule has 3 N–H and O–H groups in total. The fourth-order valence-electron chi connectivity index (χ4n) is 1.56. The molecule has 5 nitrogen and oxygen atoms in total. The Morgan fingerprint density at radius 1 is 1.56 bits per heavy atom. The molecule has 1 aromatic rings. The number of nitrogens with two attached hydrogens (primary N) is 1. The maximum atomic E-state index is 11.2. The van der Waals surface area contributed by atoms with E-state index in [0.717, 1.165) is 13.0 Å². The molecule has 0 radical (unpaired) electrons. The third-order valence-electron chi connectivity index (χ3n) is 2.22. The number of primary amides is 1. The molecular formula is C11H17N3O2. The summed E-state index contributed by atoms with van der Waals surface area (Å²) in [6, 6.07) is 3.32. The zero-order valence-corrected chi connectivity index (χ0v) is 9.39. The monoisotopic (exact) mass is 223 g/mol. The lowest BCUT2D eigenvalue weighted by atomic mass is 10.2. The molecule has 0 bridgehead atoms. The van der Waals surface area contributed by atoms with E-state index in [1.54, 1.807) is 18.3 Å². The van der Waals surface area contributed by atoms with Crippen LogP contribution in [0.1, 0.15) is 23.7 Å². The highest BCUT2D eigenvalue weighted by molar-refractivity contribution is 5.97. The van der Waals surface area contributed by atoms with Crippen molar-refractivity contribution >= 4 is 11.7 Å². The minimum Gasteiger partial charge on any atom is -0.395 e. The van der Waals surface area contributed by atoms with Crippen LogP contribution in [0, 0.1) is 0 Å². The number of aromatic nitrogens is 1. The maximum Gasteiger partial charge on any atom is 0.252 e. The van der Waals surface area contributed by atoms with Crippen LogP contribution in [0.3, 0.4) is 0 Å². The van der Waals surface area contributed by atoms with E-state index in [0.29, 0.717) is 17.9 Å². The van der Waals surface area contributed by atoms with Gasteiger partial charge in [-0.05, 0) is 18.6 Å². The lowest BCUT2D eigenvalue weighted by molar-refractivity contribution is 0.100. The molecule has 16 heavy (non-hydrogen) atoms. The van der Waals surface area contributed by atoms with Crippen LogP contribution in [-0.2, 0) is 0 Å². The largest absolute Gasteiger partial charge is 0.395 e. The molecule has 0 aliphatic carbocycles. The summed E-state index contributed by atoms with van der Waals surface area (Å²) in [4.78, 5) is 17.2. The highest BCUT2D eigenvalue weighted by Crippen LogP contribution is 2.16. The Bertz CT molecular complexity index is 349. The highest BCUT2D eigenvalue weighted by Gasteiger charge is 2.14. The molecule has 1 amide bonds. The van der Waals surface area contributed by atoms with E-state index in [1.807, 2.05) is 11.8 Å². The first-order valence-corrected chi connectivity index (χ1v) is 5.31. The smallest absolute Gasteiger partial charge is 0.252 e. The third kappa shape index (κ3) is 2.93. The van der Waals surface area contributed by atoms with Gasteiger partial charge in [-0.15, -0.1) is 0 Å². The van der Waals surface area contributed by atoms with Crippen molar-refractivity contribution in [2.75, 3.05) is 24.6 Å². The summed E-state index contributed by atoms with van der Waals surface area (Å²) in [6.45, 7) is 3.23. The zero-order valence-electron chi connectivity index (χ0n) is 9.39. The van der Waals surface area contributed by atoms with Crippen LogP contribution in [0.2, 0.25) is 0 Å². The molecular weight excluding hydrogens is 206 g/mol. The van der Waals surface area contributed by atoms with Gasteiger partial charge in [0, 0.05) is 19.3 Å². The van der Waals surface area contributed by atoms with Crippen LogP contribution in [0.15, 0.2) is 18.3 Å². The van der Waals surface area contributed by atoms with Crippen molar-refractivity contribution in [1.82, 2.24) is 4.98 Å². The number of hydrogen-bond acceptors (Lipinski definition) is 4. The van der Waals surface area contributed by atoms with Gasteiger partial charge in [-0.2, -0.15) is 0 Å². The number of pyridine rings is 1. The Hall–Kier alpha value is -1.62. The molecule has 5 heteroatoms. The van der Waals surface area contributed by atoms with Crippen LogP contribution in [0.4, 0.5) is 5.82 Å². The molecule has 88 valence electrons. The Balaban J connectivity index is 3.02. The van der Waals surface area contributed by atoms with Gasteiger partial charge in [0.15, 0.2) is 0 Å². The van der Waals surface area contributed by atoms with Crippen molar-refractivity contribution in [3.63, 3.8) is 0 Å². The normalized spacial score (nSPS) is 10.1. The van der Waals surface area contributed by atoms with E-state index in [9.17, 15) is 4.79 Å². The number of carbonyl (C=O) groups excluding carboxylic acids is 1. The Labute approximate surface area is 94.9 Å². The number of nitrogens with zero attached hydrogens (tertiary/aromatic N) is 2. The number of hydrogen-bond donors (Lipinski definition) is 2. The molecule has 0 saturated carbocycles. The molecule has 0 spiro atoms. The van der Waals surface area contributed by atoms with Gasteiger partial charge in [0.05, 0.1) is 12.2 Å². The molecule has 1 heterocycles. The molecule has 0 saturated heterocycles. The highest BCUT2D eigenvalue weighted by atomic mass is 16.3. The minimum absolute atomic E-state index is 0.0226. The lowest BCUT2D eigenvalue weighted by Crippen LogP contribution is -2.30. The van der Waals surface area contributed by atoms with E-state index in [1.165, 1.54) is 0 Å². The fourth-order valence-corrected chi connectivity index (χ4v) is 1.56. The number of aliphatic hydroxyl groups excluding tert-OH is 1. The van der Waals surface area contributed by atoms with Crippen LogP contribution < -0.4 is 10.6 Å². The second kappa shape index (κ2) is 6.07. The quantitative estimate of drug-likeness (QED) is 0.731. The molecule has 1 aromatic heterocycles. The van der Waals surface area contributed by atoms with Gasteiger partial charge in [0.2, 0.25) is 0 Å². The Kier molecular flexibility index (Phi) is 4.72. The van der Waals surface area contributed by atoms with Gasteiger partial charge in [0.25, 0.3) is 5.91 Å². The van der Waals surface area contributed by atoms with Crippen LogP contribution in [0.5, 0.6) is 0 Å².